The summed E-state index contributed by atoms with van der Waals surface area (Å²) in [5.41, 5.74) is 7.13. The van der Waals surface area contributed by atoms with Crippen LogP contribution in [0.25, 0.3) is 16.9 Å². The number of hydrogen-bond donors (Lipinski definition) is 2. The molecule has 4 rings (SSSR count). The fraction of sp³-hybridized carbons (Fsp3) is 0.0400. The van der Waals surface area contributed by atoms with E-state index in [0.717, 1.165) is 16.8 Å². The zero-order valence-corrected chi connectivity index (χ0v) is 17.4. The number of anilines is 1. The number of amides is 2. The second-order valence-corrected chi connectivity index (χ2v) is 7.10. The summed E-state index contributed by atoms with van der Waals surface area (Å²) in [5, 5.41) is 11.2. The van der Waals surface area contributed by atoms with Crippen molar-refractivity contribution in [3.05, 3.63) is 102 Å². The van der Waals surface area contributed by atoms with Crippen LogP contribution in [0.3, 0.4) is 0 Å². The van der Waals surface area contributed by atoms with E-state index in [1.54, 1.807) is 28.9 Å². The first kappa shape index (κ1) is 20.7. The fourth-order valence-corrected chi connectivity index (χ4v) is 3.13. The molecule has 3 aromatic carbocycles. The minimum atomic E-state index is -0.863. The van der Waals surface area contributed by atoms with Crippen LogP contribution in [0.1, 0.15) is 11.1 Å². The van der Waals surface area contributed by atoms with Crippen molar-refractivity contribution >= 4 is 23.7 Å². The number of benzene rings is 3. The zero-order valence-electron chi connectivity index (χ0n) is 17.4. The van der Waals surface area contributed by atoms with Crippen molar-refractivity contribution in [2.75, 3.05) is 5.32 Å². The average molecular weight is 423 g/mol. The molecular weight excluding hydrogens is 402 g/mol. The normalized spacial score (nSPS) is 10.8. The van der Waals surface area contributed by atoms with Crippen molar-refractivity contribution in [3.8, 4) is 16.9 Å². The van der Waals surface area contributed by atoms with Crippen molar-refractivity contribution < 1.29 is 9.59 Å². The number of carbonyl (C=O) groups is 2. The van der Waals surface area contributed by atoms with Gasteiger partial charge in [-0.25, -0.2) is 10.1 Å². The summed E-state index contributed by atoms with van der Waals surface area (Å²) in [7, 11) is 0. The summed E-state index contributed by atoms with van der Waals surface area (Å²) in [5.74, 6) is -1.66. The highest BCUT2D eigenvalue weighted by atomic mass is 16.2. The first-order valence-electron chi connectivity index (χ1n) is 10.0. The zero-order chi connectivity index (χ0) is 22.3. The Morgan fingerprint density at radius 2 is 1.62 bits per heavy atom. The molecule has 0 bridgehead atoms. The molecule has 0 radical (unpaired) electrons. The largest absolute Gasteiger partial charge is 0.329 e. The van der Waals surface area contributed by atoms with E-state index in [2.05, 4.69) is 15.8 Å². The second kappa shape index (κ2) is 9.53. The van der Waals surface area contributed by atoms with Gasteiger partial charge in [-0.3, -0.25) is 9.59 Å². The number of para-hydroxylation sites is 2. The second-order valence-electron chi connectivity index (χ2n) is 7.10. The molecule has 1 aromatic heterocycles. The molecule has 2 N–H and O–H groups in total. The Kier molecular flexibility index (Phi) is 6.17. The molecule has 0 saturated carbocycles. The smallest absolute Gasteiger partial charge is 0.318 e. The Hall–Kier alpha value is -4.52. The molecule has 0 atom stereocenters. The summed E-state index contributed by atoms with van der Waals surface area (Å²) < 4.78 is 1.75. The molecule has 158 valence electrons. The van der Waals surface area contributed by atoms with Crippen LogP contribution >= 0.6 is 0 Å². The number of nitrogens with one attached hydrogen (secondary N) is 2. The maximum atomic E-state index is 12.1. The quantitative estimate of drug-likeness (QED) is 0.290. The lowest BCUT2D eigenvalue weighted by atomic mass is 10.1. The number of nitrogens with zero attached hydrogens (tertiary/aromatic N) is 3. The van der Waals surface area contributed by atoms with Gasteiger partial charge in [0, 0.05) is 23.0 Å². The van der Waals surface area contributed by atoms with Gasteiger partial charge in [0.15, 0.2) is 0 Å². The Morgan fingerprint density at radius 3 is 2.34 bits per heavy atom. The van der Waals surface area contributed by atoms with Crippen molar-refractivity contribution in [1.29, 1.82) is 0 Å². The molecule has 7 nitrogen and oxygen atoms in total. The third-order valence-corrected chi connectivity index (χ3v) is 4.66. The number of carbonyl (C=O) groups excluding carboxylic acids is 2. The highest BCUT2D eigenvalue weighted by Crippen LogP contribution is 2.23. The van der Waals surface area contributed by atoms with Crippen molar-refractivity contribution in [1.82, 2.24) is 15.2 Å². The molecule has 0 aliphatic heterocycles. The van der Waals surface area contributed by atoms with Gasteiger partial charge in [-0.2, -0.15) is 10.2 Å². The summed E-state index contributed by atoms with van der Waals surface area (Å²) in [6.07, 6.45) is 3.31. The third kappa shape index (κ3) is 4.96. The van der Waals surface area contributed by atoms with Crippen LogP contribution in [0.5, 0.6) is 0 Å². The Balaban J connectivity index is 1.55. The standard InChI is InChI=1S/C25H21N5O2/c1-18-9-8-10-19(15-18)23-20(17-30(29-23)22-13-6-3-7-14-22)16-26-28-25(32)24(31)27-21-11-4-2-5-12-21/h2-17H,1H3,(H,27,31)(H,28,32)/b26-16+. The topological polar surface area (TPSA) is 88.4 Å². The van der Waals surface area contributed by atoms with E-state index in [-0.39, 0.29) is 0 Å². The molecule has 1 heterocycles. The molecule has 0 fully saturated rings. The lowest BCUT2D eigenvalue weighted by Gasteiger charge is -2.03. The fourth-order valence-electron chi connectivity index (χ4n) is 3.13. The summed E-state index contributed by atoms with van der Waals surface area (Å²) in [4.78, 5) is 24.2. The number of aryl methyl sites for hydroxylation is 1. The predicted molar refractivity (Wildman–Crippen MR) is 125 cm³/mol. The van der Waals surface area contributed by atoms with E-state index in [9.17, 15) is 9.59 Å². The van der Waals surface area contributed by atoms with Crippen LogP contribution in [0.15, 0.2) is 96.2 Å². The predicted octanol–water partition coefficient (Wildman–Crippen LogP) is 3.94. The van der Waals surface area contributed by atoms with Crippen LogP contribution in [0, 0.1) is 6.92 Å². The van der Waals surface area contributed by atoms with Gasteiger partial charge in [0.2, 0.25) is 0 Å². The number of hydrazone groups is 1. The number of hydrogen-bond acceptors (Lipinski definition) is 4. The van der Waals surface area contributed by atoms with E-state index in [0.29, 0.717) is 16.9 Å². The van der Waals surface area contributed by atoms with Gasteiger partial charge in [-0.1, -0.05) is 60.2 Å². The molecule has 0 saturated heterocycles. The first-order valence-corrected chi connectivity index (χ1v) is 10.0. The van der Waals surface area contributed by atoms with Crippen molar-refractivity contribution in [2.24, 2.45) is 5.10 Å². The van der Waals surface area contributed by atoms with Gasteiger partial charge >= 0.3 is 11.8 Å². The number of aromatic nitrogens is 2. The van der Waals surface area contributed by atoms with Crippen LogP contribution in [0.4, 0.5) is 5.69 Å². The molecule has 0 aliphatic carbocycles. The Labute approximate surface area is 185 Å². The maximum Gasteiger partial charge on any atom is 0.329 e. The summed E-state index contributed by atoms with van der Waals surface area (Å²) in [6.45, 7) is 2.01. The number of rotatable bonds is 5. The summed E-state index contributed by atoms with van der Waals surface area (Å²) in [6, 6.07) is 26.4. The third-order valence-electron chi connectivity index (χ3n) is 4.66. The molecule has 4 aromatic rings. The monoisotopic (exact) mass is 423 g/mol. The molecule has 7 heteroatoms. The van der Waals surface area contributed by atoms with E-state index >= 15 is 0 Å². The molecule has 0 aliphatic rings. The van der Waals surface area contributed by atoms with Crippen LogP contribution in [0.2, 0.25) is 0 Å². The van der Waals surface area contributed by atoms with Gasteiger partial charge in [0.25, 0.3) is 0 Å². The first-order chi connectivity index (χ1) is 15.6. The lowest BCUT2D eigenvalue weighted by molar-refractivity contribution is -0.136. The highest BCUT2D eigenvalue weighted by Gasteiger charge is 2.14. The Bertz CT molecular complexity index is 1260. The average Bonchev–Trinajstić information content (AvgIpc) is 3.24. The van der Waals surface area contributed by atoms with Crippen LogP contribution in [-0.2, 0) is 9.59 Å². The van der Waals surface area contributed by atoms with Crippen LogP contribution < -0.4 is 10.7 Å². The van der Waals surface area contributed by atoms with E-state index in [1.807, 2.05) is 73.8 Å². The Morgan fingerprint density at radius 1 is 0.906 bits per heavy atom. The minimum absolute atomic E-state index is 0.530. The van der Waals surface area contributed by atoms with Gasteiger partial charge in [-0.05, 0) is 37.3 Å². The van der Waals surface area contributed by atoms with E-state index in [1.165, 1.54) is 6.21 Å². The van der Waals surface area contributed by atoms with Crippen molar-refractivity contribution in [2.45, 2.75) is 6.92 Å². The lowest BCUT2D eigenvalue weighted by Crippen LogP contribution is -2.32. The van der Waals surface area contributed by atoms with Gasteiger partial charge < -0.3 is 5.32 Å². The van der Waals surface area contributed by atoms with E-state index in [4.69, 9.17) is 5.10 Å². The van der Waals surface area contributed by atoms with Gasteiger partial charge in [0.05, 0.1) is 11.9 Å². The molecule has 0 unspecified atom stereocenters. The maximum absolute atomic E-state index is 12.1. The highest BCUT2D eigenvalue weighted by molar-refractivity contribution is 6.39. The molecule has 0 spiro atoms. The van der Waals surface area contributed by atoms with E-state index < -0.39 is 11.8 Å². The van der Waals surface area contributed by atoms with Gasteiger partial charge in [-0.15, -0.1) is 0 Å². The minimum Gasteiger partial charge on any atom is -0.318 e. The molecule has 2 amide bonds. The molecular formula is C25H21N5O2. The molecule has 32 heavy (non-hydrogen) atoms. The van der Waals surface area contributed by atoms with Crippen molar-refractivity contribution in [3.63, 3.8) is 0 Å². The van der Waals surface area contributed by atoms with Gasteiger partial charge in [0.1, 0.15) is 5.69 Å². The van der Waals surface area contributed by atoms with Crippen LogP contribution in [-0.4, -0.2) is 27.8 Å². The SMILES string of the molecule is Cc1cccc(-c2nn(-c3ccccc3)cc2/C=N/NC(=O)C(=O)Nc2ccccc2)c1. The summed E-state index contributed by atoms with van der Waals surface area (Å²) >= 11 is 0.